The van der Waals surface area contributed by atoms with E-state index in [4.69, 9.17) is 0 Å². The lowest BCUT2D eigenvalue weighted by Gasteiger charge is -1.99. The molecule has 0 saturated carbocycles. The van der Waals surface area contributed by atoms with Gasteiger partial charge in [-0.1, -0.05) is 24.8 Å². The molecule has 0 saturated heterocycles. The maximum absolute atomic E-state index is 10.4. The van der Waals surface area contributed by atoms with Gasteiger partial charge in [-0.15, -0.1) is 0 Å². The van der Waals surface area contributed by atoms with E-state index in [-0.39, 0.29) is 6.61 Å². The number of hydrogen-bond donors (Lipinski definition) is 0. The van der Waals surface area contributed by atoms with Crippen molar-refractivity contribution in [1.82, 2.24) is 0 Å². The van der Waals surface area contributed by atoms with Gasteiger partial charge in [0.15, 0.2) is 0 Å². The predicted octanol–water partition coefficient (Wildman–Crippen LogP) is 1.09. The van der Waals surface area contributed by atoms with Crippen LogP contribution in [0.4, 0.5) is 0 Å². The molecular formula is C7H12O3S. The van der Waals surface area contributed by atoms with Crippen LogP contribution in [0, 0.1) is 0 Å². The average Bonchev–Trinajstić information content (AvgIpc) is 1.85. The van der Waals surface area contributed by atoms with Crippen LogP contribution >= 0.6 is 0 Å². The van der Waals surface area contributed by atoms with Crippen LogP contribution in [0.15, 0.2) is 24.8 Å². The Morgan fingerprint density at radius 3 is 2.55 bits per heavy atom. The van der Waals surface area contributed by atoms with E-state index in [1.165, 1.54) is 0 Å². The fraction of sp³-hybridized carbons (Fsp3) is 0.429. The summed E-state index contributed by atoms with van der Waals surface area (Å²) in [6.45, 7) is 7.21. The standard InChI is InChI=1S/C7H12O3S/c1-4-7(2)5-6-10-11(3,8)9/h4H,1-2,5-6H2,3H3. The molecule has 0 heterocycles. The molecule has 0 aliphatic rings. The molecule has 0 unspecified atom stereocenters. The molecule has 0 spiro atoms. The molecule has 0 aromatic rings. The van der Waals surface area contributed by atoms with E-state index in [1.54, 1.807) is 6.08 Å². The summed E-state index contributed by atoms with van der Waals surface area (Å²) >= 11 is 0. The molecule has 0 N–H and O–H groups in total. The highest BCUT2D eigenvalue weighted by molar-refractivity contribution is 7.85. The van der Waals surface area contributed by atoms with Crippen LogP contribution in [0.3, 0.4) is 0 Å². The van der Waals surface area contributed by atoms with Gasteiger partial charge in [-0.3, -0.25) is 4.18 Å². The van der Waals surface area contributed by atoms with Crippen molar-refractivity contribution < 1.29 is 12.6 Å². The normalized spacial score (nSPS) is 11.0. The van der Waals surface area contributed by atoms with Gasteiger partial charge in [-0.2, -0.15) is 8.42 Å². The first kappa shape index (κ1) is 10.4. The van der Waals surface area contributed by atoms with Crippen LogP contribution in [-0.2, 0) is 14.3 Å². The van der Waals surface area contributed by atoms with Crippen LogP contribution < -0.4 is 0 Å². The van der Waals surface area contributed by atoms with E-state index in [0.717, 1.165) is 11.8 Å². The maximum atomic E-state index is 10.4. The van der Waals surface area contributed by atoms with Crippen LogP contribution in [0.1, 0.15) is 6.42 Å². The van der Waals surface area contributed by atoms with Crippen LogP contribution in [-0.4, -0.2) is 21.3 Å². The van der Waals surface area contributed by atoms with E-state index in [9.17, 15) is 8.42 Å². The summed E-state index contributed by atoms with van der Waals surface area (Å²) in [5.41, 5.74) is 0.772. The summed E-state index contributed by atoms with van der Waals surface area (Å²) in [5, 5.41) is 0. The summed E-state index contributed by atoms with van der Waals surface area (Å²) in [6, 6.07) is 0. The topological polar surface area (TPSA) is 43.4 Å². The first-order chi connectivity index (χ1) is 4.95. The summed E-state index contributed by atoms with van der Waals surface area (Å²) < 4.78 is 25.3. The van der Waals surface area contributed by atoms with E-state index in [2.05, 4.69) is 17.3 Å². The summed E-state index contributed by atoms with van der Waals surface area (Å²) in [5.74, 6) is 0. The molecule has 0 aromatic carbocycles. The molecule has 0 atom stereocenters. The van der Waals surface area contributed by atoms with Gasteiger partial charge >= 0.3 is 0 Å². The number of rotatable bonds is 5. The lowest BCUT2D eigenvalue weighted by molar-refractivity contribution is 0.326. The predicted molar refractivity (Wildman–Crippen MR) is 44.7 cm³/mol. The van der Waals surface area contributed by atoms with Gasteiger partial charge in [0, 0.05) is 0 Å². The van der Waals surface area contributed by atoms with Crippen molar-refractivity contribution in [2.75, 3.05) is 12.9 Å². The molecule has 0 amide bonds. The molecule has 0 rings (SSSR count). The highest BCUT2D eigenvalue weighted by Gasteiger charge is 1.99. The van der Waals surface area contributed by atoms with Gasteiger partial charge in [-0.05, 0) is 6.42 Å². The van der Waals surface area contributed by atoms with Gasteiger partial charge in [-0.25, -0.2) is 0 Å². The zero-order valence-electron chi connectivity index (χ0n) is 6.54. The fourth-order valence-electron chi connectivity index (χ4n) is 0.426. The minimum atomic E-state index is -3.30. The molecule has 0 aliphatic heterocycles. The first-order valence-corrected chi connectivity index (χ1v) is 4.92. The minimum absolute atomic E-state index is 0.143. The Labute approximate surface area is 67.5 Å². The smallest absolute Gasteiger partial charge is 0.264 e. The van der Waals surface area contributed by atoms with Gasteiger partial charge in [0.2, 0.25) is 0 Å². The number of allylic oxidation sites excluding steroid dienone is 1. The van der Waals surface area contributed by atoms with Crippen LogP contribution in [0.5, 0.6) is 0 Å². The molecule has 0 fully saturated rings. The van der Waals surface area contributed by atoms with Gasteiger partial charge in [0.1, 0.15) is 0 Å². The van der Waals surface area contributed by atoms with Gasteiger partial charge in [0.25, 0.3) is 10.1 Å². The van der Waals surface area contributed by atoms with Crippen molar-refractivity contribution >= 4 is 10.1 Å². The van der Waals surface area contributed by atoms with E-state index >= 15 is 0 Å². The second-order valence-corrected chi connectivity index (χ2v) is 3.78. The zero-order chi connectivity index (χ0) is 8.91. The second kappa shape index (κ2) is 4.31. The second-order valence-electron chi connectivity index (χ2n) is 2.14. The molecule has 0 radical (unpaired) electrons. The van der Waals surface area contributed by atoms with Gasteiger partial charge < -0.3 is 0 Å². The van der Waals surface area contributed by atoms with Crippen molar-refractivity contribution in [2.24, 2.45) is 0 Å². The van der Waals surface area contributed by atoms with Crippen molar-refractivity contribution in [1.29, 1.82) is 0 Å². The molecule has 0 aliphatic carbocycles. The summed E-state index contributed by atoms with van der Waals surface area (Å²) in [7, 11) is -3.30. The van der Waals surface area contributed by atoms with Crippen LogP contribution in [0.25, 0.3) is 0 Å². The SMILES string of the molecule is C=CC(=C)CCOS(C)(=O)=O. The Kier molecular flexibility index (Phi) is 4.07. The van der Waals surface area contributed by atoms with E-state index in [0.29, 0.717) is 6.42 Å². The quantitative estimate of drug-likeness (QED) is 0.465. The molecular weight excluding hydrogens is 164 g/mol. The average molecular weight is 176 g/mol. The highest BCUT2D eigenvalue weighted by Crippen LogP contribution is 1.99. The van der Waals surface area contributed by atoms with Gasteiger partial charge in [0.05, 0.1) is 12.9 Å². The Morgan fingerprint density at radius 1 is 1.64 bits per heavy atom. The monoisotopic (exact) mass is 176 g/mol. The van der Waals surface area contributed by atoms with E-state index in [1.807, 2.05) is 0 Å². The van der Waals surface area contributed by atoms with Crippen molar-refractivity contribution in [2.45, 2.75) is 6.42 Å². The largest absolute Gasteiger partial charge is 0.270 e. The Hall–Kier alpha value is -0.610. The molecule has 4 heteroatoms. The summed E-state index contributed by atoms with van der Waals surface area (Å²) in [6.07, 6.45) is 3.09. The zero-order valence-corrected chi connectivity index (χ0v) is 7.36. The third-order valence-electron chi connectivity index (χ3n) is 1.01. The first-order valence-electron chi connectivity index (χ1n) is 3.10. The Morgan fingerprint density at radius 2 is 2.18 bits per heavy atom. The lowest BCUT2D eigenvalue weighted by atomic mass is 10.2. The Balaban J connectivity index is 3.59. The van der Waals surface area contributed by atoms with Crippen molar-refractivity contribution in [3.8, 4) is 0 Å². The molecule has 3 nitrogen and oxygen atoms in total. The van der Waals surface area contributed by atoms with E-state index < -0.39 is 10.1 Å². The third-order valence-corrected chi connectivity index (χ3v) is 1.60. The van der Waals surface area contributed by atoms with Crippen molar-refractivity contribution in [3.63, 3.8) is 0 Å². The van der Waals surface area contributed by atoms with Crippen LogP contribution in [0.2, 0.25) is 0 Å². The lowest BCUT2D eigenvalue weighted by Crippen LogP contribution is -2.04. The summed E-state index contributed by atoms with van der Waals surface area (Å²) in [4.78, 5) is 0. The fourth-order valence-corrected chi connectivity index (χ4v) is 0.812. The van der Waals surface area contributed by atoms with Crippen molar-refractivity contribution in [3.05, 3.63) is 24.8 Å². The minimum Gasteiger partial charge on any atom is -0.270 e. The number of hydrogen-bond acceptors (Lipinski definition) is 3. The molecule has 0 bridgehead atoms. The Bertz CT molecular complexity index is 238. The third kappa shape index (κ3) is 7.29. The molecule has 0 aromatic heterocycles. The molecule has 11 heavy (non-hydrogen) atoms. The molecule has 64 valence electrons. The maximum Gasteiger partial charge on any atom is 0.264 e. The highest BCUT2D eigenvalue weighted by atomic mass is 32.2.